The number of imidazole rings is 1. The van der Waals surface area contributed by atoms with Crippen molar-refractivity contribution in [3.05, 3.63) is 47.1 Å². The van der Waals surface area contributed by atoms with Gasteiger partial charge in [-0.15, -0.1) is 0 Å². The van der Waals surface area contributed by atoms with Crippen LogP contribution in [0.2, 0.25) is 0 Å². The van der Waals surface area contributed by atoms with E-state index in [0.29, 0.717) is 11.0 Å². The Morgan fingerprint density at radius 3 is 2.82 bits per heavy atom. The first-order valence-corrected chi connectivity index (χ1v) is 8.47. The zero-order valence-electron chi connectivity index (χ0n) is 11.2. The quantitative estimate of drug-likeness (QED) is 0.729. The van der Waals surface area contributed by atoms with Crippen LogP contribution in [-0.4, -0.2) is 30.8 Å². The van der Waals surface area contributed by atoms with Crippen LogP contribution in [-0.2, 0) is 15.6 Å². The van der Waals surface area contributed by atoms with Gasteiger partial charge in [-0.25, -0.2) is 9.97 Å². The number of carbonyl (C=O) groups is 1. The van der Waals surface area contributed by atoms with Gasteiger partial charge >= 0.3 is 0 Å². The van der Waals surface area contributed by atoms with Crippen molar-refractivity contribution in [1.29, 1.82) is 0 Å². The summed E-state index contributed by atoms with van der Waals surface area (Å²) in [5.41, 5.74) is 1.52. The number of amides is 1. The van der Waals surface area contributed by atoms with Crippen molar-refractivity contribution in [2.75, 3.05) is 11.1 Å². The van der Waals surface area contributed by atoms with Gasteiger partial charge in [0.25, 0.3) is 0 Å². The van der Waals surface area contributed by atoms with Gasteiger partial charge in [-0.2, -0.15) is 0 Å². The molecule has 0 aliphatic rings. The van der Waals surface area contributed by atoms with Gasteiger partial charge in [0.15, 0.2) is 5.16 Å². The maximum absolute atomic E-state index is 12.2. The van der Waals surface area contributed by atoms with Crippen molar-refractivity contribution in [1.82, 2.24) is 15.0 Å². The Balaban J connectivity index is 1.68. The molecule has 1 unspecified atom stereocenters. The molecule has 22 heavy (non-hydrogen) atoms. The van der Waals surface area contributed by atoms with Gasteiger partial charge in [0.1, 0.15) is 11.6 Å². The largest absolute Gasteiger partial charge is 0.331 e. The van der Waals surface area contributed by atoms with Gasteiger partial charge in [0.05, 0.1) is 21.8 Å². The average Bonchev–Trinajstić information content (AvgIpc) is 2.93. The first-order chi connectivity index (χ1) is 10.6. The smallest absolute Gasteiger partial charge is 0.238 e. The number of pyridine rings is 1. The predicted molar refractivity (Wildman–Crippen MR) is 87.9 cm³/mol. The topological polar surface area (TPSA) is 87.7 Å². The number of aromatic nitrogens is 3. The van der Waals surface area contributed by atoms with Crippen molar-refractivity contribution in [2.45, 2.75) is 5.16 Å². The van der Waals surface area contributed by atoms with Crippen molar-refractivity contribution < 1.29 is 9.00 Å². The van der Waals surface area contributed by atoms with Crippen molar-refractivity contribution in [2.24, 2.45) is 0 Å². The lowest BCUT2D eigenvalue weighted by Crippen LogP contribution is -2.20. The molecule has 1 atom stereocenters. The number of nitrogens with one attached hydrogen (secondary N) is 2. The monoisotopic (exact) mass is 378 g/mol. The fourth-order valence-corrected chi connectivity index (χ4v) is 2.96. The molecule has 3 rings (SSSR count). The second kappa shape index (κ2) is 6.37. The number of carbonyl (C=O) groups excluding carboxylic acids is 1. The Morgan fingerprint density at radius 2 is 2.09 bits per heavy atom. The van der Waals surface area contributed by atoms with Crippen LogP contribution in [0.15, 0.2) is 52.2 Å². The number of fused-ring (bicyclic) bond motifs is 1. The van der Waals surface area contributed by atoms with Gasteiger partial charge in [-0.3, -0.25) is 9.00 Å². The number of benzene rings is 1. The summed E-state index contributed by atoms with van der Waals surface area (Å²) in [5.74, 6) is -0.152. The summed E-state index contributed by atoms with van der Waals surface area (Å²) >= 11 is 3.26. The Kier molecular flexibility index (Phi) is 4.30. The molecule has 0 saturated heterocycles. The second-order valence-electron chi connectivity index (χ2n) is 4.46. The molecule has 0 saturated carbocycles. The Morgan fingerprint density at radius 1 is 1.27 bits per heavy atom. The molecule has 112 valence electrons. The van der Waals surface area contributed by atoms with E-state index in [9.17, 15) is 9.00 Å². The third kappa shape index (κ3) is 3.40. The standard InChI is InChI=1S/C14H11BrN4O2S/c15-9-5-6-12(16-7-9)19-13(20)8-22(21)14-17-10-3-1-2-4-11(10)18-14/h1-7H,8H2,(H,17,18)(H,16,19,20). The minimum atomic E-state index is -1.54. The number of aromatic amines is 1. The maximum atomic E-state index is 12.2. The van der Waals surface area contributed by atoms with Crippen LogP contribution < -0.4 is 5.32 Å². The lowest BCUT2D eigenvalue weighted by molar-refractivity contribution is -0.113. The van der Waals surface area contributed by atoms with Gasteiger partial charge in [-0.1, -0.05) is 12.1 Å². The Bertz CT molecular complexity index is 814. The molecule has 6 nitrogen and oxygen atoms in total. The number of rotatable bonds is 4. The summed E-state index contributed by atoms with van der Waals surface area (Å²) < 4.78 is 13.0. The lowest BCUT2D eigenvalue weighted by Gasteiger charge is -2.03. The van der Waals surface area contributed by atoms with E-state index in [2.05, 4.69) is 36.2 Å². The number of H-pyrrole nitrogens is 1. The second-order valence-corrected chi connectivity index (χ2v) is 6.74. The maximum Gasteiger partial charge on any atom is 0.238 e. The first kappa shape index (κ1) is 14.9. The number of anilines is 1. The van der Waals surface area contributed by atoms with Gasteiger partial charge in [0.2, 0.25) is 5.91 Å². The van der Waals surface area contributed by atoms with Gasteiger partial charge < -0.3 is 10.3 Å². The third-order valence-corrected chi connectivity index (χ3v) is 4.46. The highest BCUT2D eigenvalue weighted by Gasteiger charge is 2.14. The highest BCUT2D eigenvalue weighted by atomic mass is 79.9. The van der Waals surface area contributed by atoms with Gasteiger partial charge in [0, 0.05) is 10.7 Å². The molecule has 0 aliphatic heterocycles. The van der Waals surface area contributed by atoms with Crippen LogP contribution in [0, 0.1) is 0 Å². The molecule has 0 bridgehead atoms. The third-order valence-electron chi connectivity index (χ3n) is 2.84. The SMILES string of the molecule is O=C(CS(=O)c1nc2ccccc2[nH]1)Nc1ccc(Br)cn1. The van der Waals surface area contributed by atoms with E-state index in [4.69, 9.17) is 0 Å². The van der Waals surface area contributed by atoms with E-state index in [1.54, 1.807) is 18.3 Å². The average molecular weight is 379 g/mol. The van der Waals surface area contributed by atoms with Crippen molar-refractivity contribution >= 4 is 49.5 Å². The predicted octanol–water partition coefficient (Wildman–Crippen LogP) is 2.47. The number of nitrogens with zero attached hydrogens (tertiary/aromatic N) is 2. The Labute approximate surface area is 137 Å². The molecule has 0 spiro atoms. The van der Waals surface area contributed by atoms with Crippen LogP contribution in [0.4, 0.5) is 5.82 Å². The number of hydrogen-bond donors (Lipinski definition) is 2. The molecule has 0 fully saturated rings. The summed E-state index contributed by atoms with van der Waals surface area (Å²) in [5, 5.41) is 2.89. The molecule has 2 heterocycles. The summed E-state index contributed by atoms with van der Waals surface area (Å²) in [6.07, 6.45) is 1.58. The van der Waals surface area contributed by atoms with Crippen LogP contribution in [0.25, 0.3) is 11.0 Å². The molecule has 1 aromatic carbocycles. The van der Waals surface area contributed by atoms with Crippen LogP contribution >= 0.6 is 15.9 Å². The minimum absolute atomic E-state index is 0.183. The van der Waals surface area contributed by atoms with E-state index in [1.165, 1.54) is 0 Å². The molecular weight excluding hydrogens is 368 g/mol. The van der Waals surface area contributed by atoms with E-state index < -0.39 is 10.8 Å². The molecule has 2 N–H and O–H groups in total. The minimum Gasteiger partial charge on any atom is -0.331 e. The molecule has 2 aromatic heterocycles. The lowest BCUT2D eigenvalue weighted by atomic mass is 10.3. The molecule has 3 aromatic rings. The number of halogens is 1. The Hall–Kier alpha value is -2.06. The summed E-state index contributed by atoms with van der Waals surface area (Å²) in [6.45, 7) is 0. The van der Waals surface area contributed by atoms with Crippen molar-refractivity contribution in [3.8, 4) is 0 Å². The normalized spacial score (nSPS) is 12.2. The van der Waals surface area contributed by atoms with E-state index in [0.717, 1.165) is 15.5 Å². The molecule has 0 radical (unpaired) electrons. The zero-order chi connectivity index (χ0) is 15.5. The highest BCUT2D eigenvalue weighted by molar-refractivity contribution is 9.10. The zero-order valence-corrected chi connectivity index (χ0v) is 13.6. The van der Waals surface area contributed by atoms with Crippen molar-refractivity contribution in [3.63, 3.8) is 0 Å². The highest BCUT2D eigenvalue weighted by Crippen LogP contribution is 2.13. The molecule has 1 amide bonds. The van der Waals surface area contributed by atoms with E-state index >= 15 is 0 Å². The van der Waals surface area contributed by atoms with Crippen LogP contribution in [0.3, 0.4) is 0 Å². The molecule has 8 heteroatoms. The van der Waals surface area contributed by atoms with E-state index in [-0.39, 0.29) is 11.7 Å². The summed E-state index contributed by atoms with van der Waals surface area (Å²) in [4.78, 5) is 23.1. The summed E-state index contributed by atoms with van der Waals surface area (Å²) in [7, 11) is -1.54. The van der Waals surface area contributed by atoms with Crippen LogP contribution in [0.5, 0.6) is 0 Å². The fraction of sp³-hybridized carbons (Fsp3) is 0.0714. The number of hydrogen-bond acceptors (Lipinski definition) is 4. The van der Waals surface area contributed by atoms with Crippen LogP contribution in [0.1, 0.15) is 0 Å². The molecule has 0 aliphatic carbocycles. The molecular formula is C14H11BrN4O2S. The van der Waals surface area contributed by atoms with Gasteiger partial charge in [-0.05, 0) is 40.2 Å². The first-order valence-electron chi connectivity index (χ1n) is 6.36. The summed E-state index contributed by atoms with van der Waals surface area (Å²) in [6, 6.07) is 10.8. The fourth-order valence-electron chi connectivity index (χ4n) is 1.85. The van der Waals surface area contributed by atoms with E-state index in [1.807, 2.05) is 24.3 Å². The number of para-hydroxylation sites is 2.